The van der Waals surface area contributed by atoms with Crippen LogP contribution in [0.2, 0.25) is 0 Å². The molecule has 0 aliphatic rings. The van der Waals surface area contributed by atoms with Gasteiger partial charge in [-0.15, -0.1) is 0 Å². The Bertz CT molecular complexity index is 566. The van der Waals surface area contributed by atoms with Crippen LogP contribution in [-0.2, 0) is 11.3 Å². The standard InChI is InChI=1S/C18H22N2O/c1-19(2)18(21)17(16-12-8-5-9-13-16)20(3)14-15-10-6-4-7-11-15/h4-13,17H,14H2,1-3H3. The lowest BCUT2D eigenvalue weighted by Crippen LogP contribution is -2.37. The van der Waals surface area contributed by atoms with Crippen LogP contribution in [0.4, 0.5) is 0 Å². The summed E-state index contributed by atoms with van der Waals surface area (Å²) in [6.07, 6.45) is 0. The summed E-state index contributed by atoms with van der Waals surface area (Å²) < 4.78 is 0. The maximum atomic E-state index is 12.6. The van der Waals surface area contributed by atoms with Gasteiger partial charge in [0.25, 0.3) is 0 Å². The predicted octanol–water partition coefficient (Wildman–Crippen LogP) is 2.95. The van der Waals surface area contributed by atoms with Gasteiger partial charge in [0, 0.05) is 20.6 Å². The fraction of sp³-hybridized carbons (Fsp3) is 0.278. The van der Waals surface area contributed by atoms with Gasteiger partial charge in [0.05, 0.1) is 0 Å². The third-order valence-corrected chi connectivity index (χ3v) is 3.51. The van der Waals surface area contributed by atoms with Crippen molar-refractivity contribution in [3.63, 3.8) is 0 Å². The van der Waals surface area contributed by atoms with Crippen molar-refractivity contribution in [2.45, 2.75) is 12.6 Å². The Hall–Kier alpha value is -2.13. The van der Waals surface area contributed by atoms with Crippen molar-refractivity contribution < 1.29 is 4.79 Å². The van der Waals surface area contributed by atoms with E-state index in [2.05, 4.69) is 17.0 Å². The molecule has 0 spiro atoms. The monoisotopic (exact) mass is 282 g/mol. The summed E-state index contributed by atoms with van der Waals surface area (Å²) in [6.45, 7) is 0.736. The molecule has 3 heteroatoms. The predicted molar refractivity (Wildman–Crippen MR) is 85.8 cm³/mol. The number of carbonyl (C=O) groups excluding carboxylic acids is 1. The normalized spacial score (nSPS) is 12.2. The van der Waals surface area contributed by atoms with Gasteiger partial charge in [0.1, 0.15) is 6.04 Å². The maximum Gasteiger partial charge on any atom is 0.244 e. The zero-order chi connectivity index (χ0) is 15.2. The molecule has 2 aromatic carbocycles. The van der Waals surface area contributed by atoms with Gasteiger partial charge < -0.3 is 4.90 Å². The SMILES string of the molecule is CN(C)C(=O)C(c1ccccc1)N(C)Cc1ccccc1. The molecule has 1 unspecified atom stereocenters. The van der Waals surface area contributed by atoms with Gasteiger partial charge in [-0.25, -0.2) is 0 Å². The topological polar surface area (TPSA) is 23.6 Å². The van der Waals surface area contributed by atoms with Crippen LogP contribution in [0.15, 0.2) is 60.7 Å². The average Bonchev–Trinajstić information content (AvgIpc) is 2.49. The lowest BCUT2D eigenvalue weighted by molar-refractivity contribution is -0.134. The van der Waals surface area contributed by atoms with Gasteiger partial charge in [0.15, 0.2) is 0 Å². The van der Waals surface area contributed by atoms with E-state index in [4.69, 9.17) is 0 Å². The molecule has 2 rings (SSSR count). The Morgan fingerprint density at radius 1 is 0.905 bits per heavy atom. The van der Waals surface area contributed by atoms with Crippen LogP contribution in [0, 0.1) is 0 Å². The van der Waals surface area contributed by atoms with E-state index in [0.29, 0.717) is 0 Å². The van der Waals surface area contributed by atoms with Crippen molar-refractivity contribution in [1.82, 2.24) is 9.80 Å². The van der Waals surface area contributed by atoms with Crippen molar-refractivity contribution in [3.8, 4) is 0 Å². The van der Waals surface area contributed by atoms with E-state index < -0.39 is 0 Å². The minimum absolute atomic E-state index is 0.0969. The summed E-state index contributed by atoms with van der Waals surface area (Å²) in [5.74, 6) is 0.0969. The molecule has 21 heavy (non-hydrogen) atoms. The van der Waals surface area contributed by atoms with E-state index in [1.165, 1.54) is 5.56 Å². The lowest BCUT2D eigenvalue weighted by atomic mass is 10.0. The molecule has 3 nitrogen and oxygen atoms in total. The first-order chi connectivity index (χ1) is 10.1. The van der Waals surface area contributed by atoms with Crippen LogP contribution >= 0.6 is 0 Å². The Morgan fingerprint density at radius 3 is 1.95 bits per heavy atom. The minimum Gasteiger partial charge on any atom is -0.347 e. The van der Waals surface area contributed by atoms with Gasteiger partial charge in [-0.3, -0.25) is 9.69 Å². The summed E-state index contributed by atoms with van der Waals surface area (Å²) >= 11 is 0. The van der Waals surface area contributed by atoms with Crippen LogP contribution in [0.25, 0.3) is 0 Å². The number of hydrogen-bond donors (Lipinski definition) is 0. The van der Waals surface area contributed by atoms with Crippen LogP contribution in [0.1, 0.15) is 17.2 Å². The zero-order valence-electron chi connectivity index (χ0n) is 12.9. The highest BCUT2D eigenvalue weighted by Crippen LogP contribution is 2.23. The van der Waals surface area contributed by atoms with E-state index in [0.717, 1.165) is 12.1 Å². The van der Waals surface area contributed by atoms with Crippen molar-refractivity contribution in [2.24, 2.45) is 0 Å². The van der Waals surface area contributed by atoms with Crippen molar-refractivity contribution in [2.75, 3.05) is 21.1 Å². The first kappa shape index (κ1) is 15.3. The van der Waals surface area contributed by atoms with Crippen molar-refractivity contribution >= 4 is 5.91 Å². The number of amides is 1. The summed E-state index contributed by atoms with van der Waals surface area (Å²) in [5.41, 5.74) is 2.22. The summed E-state index contributed by atoms with van der Waals surface area (Å²) in [7, 11) is 5.59. The van der Waals surface area contributed by atoms with Crippen LogP contribution in [-0.4, -0.2) is 36.9 Å². The molecule has 0 fully saturated rings. The summed E-state index contributed by atoms with van der Waals surface area (Å²) in [5, 5.41) is 0. The molecule has 0 radical (unpaired) electrons. The smallest absolute Gasteiger partial charge is 0.244 e. The van der Waals surface area contributed by atoms with E-state index in [-0.39, 0.29) is 11.9 Å². The average molecular weight is 282 g/mol. The van der Waals surface area contributed by atoms with Crippen LogP contribution < -0.4 is 0 Å². The molecule has 0 saturated carbocycles. The number of rotatable bonds is 5. The highest BCUT2D eigenvalue weighted by Gasteiger charge is 2.26. The Kier molecular flexibility index (Phi) is 5.12. The zero-order valence-corrected chi connectivity index (χ0v) is 12.9. The Labute approximate surface area is 126 Å². The molecule has 0 saturated heterocycles. The first-order valence-corrected chi connectivity index (χ1v) is 7.10. The molecular weight excluding hydrogens is 260 g/mol. The van der Waals surface area contributed by atoms with Crippen molar-refractivity contribution in [3.05, 3.63) is 71.8 Å². The van der Waals surface area contributed by atoms with Gasteiger partial charge in [0.2, 0.25) is 5.91 Å². The second-order valence-electron chi connectivity index (χ2n) is 5.45. The fourth-order valence-electron chi connectivity index (χ4n) is 2.43. The second kappa shape index (κ2) is 7.04. The Morgan fingerprint density at radius 2 is 1.43 bits per heavy atom. The van der Waals surface area contributed by atoms with Crippen LogP contribution in [0.5, 0.6) is 0 Å². The summed E-state index contributed by atoms with van der Waals surface area (Å²) in [4.78, 5) is 16.3. The second-order valence-corrected chi connectivity index (χ2v) is 5.45. The lowest BCUT2D eigenvalue weighted by Gasteiger charge is -2.29. The summed E-state index contributed by atoms with van der Waals surface area (Å²) in [6, 6.07) is 19.9. The molecular formula is C18H22N2O. The largest absolute Gasteiger partial charge is 0.347 e. The van der Waals surface area contributed by atoms with Gasteiger partial charge >= 0.3 is 0 Å². The minimum atomic E-state index is -0.263. The molecule has 110 valence electrons. The van der Waals surface area contributed by atoms with Crippen molar-refractivity contribution in [1.29, 1.82) is 0 Å². The molecule has 0 aliphatic heterocycles. The van der Waals surface area contributed by atoms with E-state index >= 15 is 0 Å². The van der Waals surface area contributed by atoms with Gasteiger partial charge in [-0.2, -0.15) is 0 Å². The fourth-order valence-corrected chi connectivity index (χ4v) is 2.43. The van der Waals surface area contributed by atoms with Gasteiger partial charge in [-0.1, -0.05) is 60.7 Å². The molecule has 1 amide bonds. The molecule has 2 aromatic rings. The highest BCUT2D eigenvalue weighted by molar-refractivity contribution is 5.82. The molecule has 0 bridgehead atoms. The Balaban J connectivity index is 2.25. The van der Waals surface area contributed by atoms with Crippen LogP contribution in [0.3, 0.4) is 0 Å². The molecule has 1 atom stereocenters. The van der Waals surface area contributed by atoms with Gasteiger partial charge in [-0.05, 0) is 18.2 Å². The molecule has 0 N–H and O–H groups in total. The number of hydrogen-bond acceptors (Lipinski definition) is 2. The highest BCUT2D eigenvalue weighted by atomic mass is 16.2. The maximum absolute atomic E-state index is 12.6. The molecule has 0 aliphatic carbocycles. The quantitative estimate of drug-likeness (QED) is 0.842. The number of likely N-dealkylation sites (N-methyl/N-ethyl adjacent to an activating group) is 2. The molecule has 0 heterocycles. The van der Waals surface area contributed by atoms with E-state index in [1.54, 1.807) is 19.0 Å². The molecule has 0 aromatic heterocycles. The third-order valence-electron chi connectivity index (χ3n) is 3.51. The van der Waals surface area contributed by atoms with E-state index in [1.807, 2.05) is 55.6 Å². The van der Waals surface area contributed by atoms with E-state index in [9.17, 15) is 4.79 Å². The number of nitrogens with zero attached hydrogens (tertiary/aromatic N) is 2. The first-order valence-electron chi connectivity index (χ1n) is 7.10. The number of benzene rings is 2. The number of carbonyl (C=O) groups is 1. The third kappa shape index (κ3) is 3.92.